The number of benzene rings is 2. The predicted molar refractivity (Wildman–Crippen MR) is 112 cm³/mol. The highest BCUT2D eigenvalue weighted by atomic mass is 35.5. The summed E-state index contributed by atoms with van der Waals surface area (Å²) in [5, 5.41) is 1.39. The summed E-state index contributed by atoms with van der Waals surface area (Å²) in [7, 11) is 0. The predicted octanol–water partition coefficient (Wildman–Crippen LogP) is 4.45. The molecule has 0 bridgehead atoms. The Bertz CT molecular complexity index is 974. The second-order valence-electron chi connectivity index (χ2n) is 6.65. The molecule has 0 spiro atoms. The monoisotopic (exact) mass is 415 g/mol. The molecule has 0 N–H and O–H groups in total. The Kier molecular flexibility index (Phi) is 5.71. The van der Waals surface area contributed by atoms with Gasteiger partial charge in [-0.25, -0.2) is 9.37 Å². The van der Waals surface area contributed by atoms with Crippen LogP contribution in [-0.4, -0.2) is 46.9 Å². The number of halogens is 2. The standard InChI is InChI=1S/C21H19ClFN3OS/c22-16-4-3-5-17(23)15(16)8-9-21(27)26-12-10-25(11-13-26)14-20-24-18-6-1-2-7-19(18)28-20/h1-9H,10-14H2. The number of carbonyl (C=O) groups is 1. The SMILES string of the molecule is O=C(C=Cc1c(F)cccc1Cl)N1CCN(Cc2nc3ccccc3s2)CC1. The van der Waals surface area contributed by atoms with E-state index in [9.17, 15) is 9.18 Å². The largest absolute Gasteiger partial charge is 0.337 e. The minimum Gasteiger partial charge on any atom is -0.337 e. The molecule has 1 aliphatic rings. The van der Waals surface area contributed by atoms with Crippen LogP contribution in [-0.2, 0) is 11.3 Å². The number of amides is 1. The van der Waals surface area contributed by atoms with Crippen LogP contribution in [0.2, 0.25) is 5.02 Å². The number of piperazine rings is 1. The van der Waals surface area contributed by atoms with Crippen LogP contribution < -0.4 is 0 Å². The van der Waals surface area contributed by atoms with Gasteiger partial charge in [0.1, 0.15) is 10.8 Å². The van der Waals surface area contributed by atoms with Crippen LogP contribution in [0.5, 0.6) is 0 Å². The molecular weight excluding hydrogens is 397 g/mol. The van der Waals surface area contributed by atoms with Crippen molar-refractivity contribution in [3.05, 3.63) is 70.0 Å². The Morgan fingerprint density at radius 2 is 1.93 bits per heavy atom. The highest BCUT2D eigenvalue weighted by Crippen LogP contribution is 2.23. The van der Waals surface area contributed by atoms with Gasteiger partial charge in [0.25, 0.3) is 0 Å². The van der Waals surface area contributed by atoms with Crippen molar-refractivity contribution in [2.45, 2.75) is 6.54 Å². The fourth-order valence-corrected chi connectivity index (χ4v) is 4.47. The van der Waals surface area contributed by atoms with Crippen LogP contribution in [0.4, 0.5) is 4.39 Å². The summed E-state index contributed by atoms with van der Waals surface area (Å²) < 4.78 is 15.0. The lowest BCUT2D eigenvalue weighted by Crippen LogP contribution is -2.47. The maximum atomic E-state index is 13.8. The number of aromatic nitrogens is 1. The molecule has 28 heavy (non-hydrogen) atoms. The quantitative estimate of drug-likeness (QED) is 0.591. The first kappa shape index (κ1) is 19.1. The Labute approximate surface area is 171 Å². The van der Waals surface area contributed by atoms with Crippen molar-refractivity contribution in [2.75, 3.05) is 26.2 Å². The Morgan fingerprint density at radius 1 is 1.14 bits per heavy atom. The van der Waals surface area contributed by atoms with Crippen molar-refractivity contribution in [1.29, 1.82) is 0 Å². The third-order valence-corrected chi connectivity index (χ3v) is 6.12. The van der Waals surface area contributed by atoms with E-state index in [1.807, 2.05) is 18.2 Å². The van der Waals surface area contributed by atoms with Crippen molar-refractivity contribution in [1.82, 2.24) is 14.8 Å². The third kappa shape index (κ3) is 4.24. The molecule has 0 saturated carbocycles. The van der Waals surface area contributed by atoms with Crippen molar-refractivity contribution in [3.8, 4) is 0 Å². The van der Waals surface area contributed by atoms with Gasteiger partial charge in [0.2, 0.25) is 5.91 Å². The average molecular weight is 416 g/mol. The van der Waals surface area contributed by atoms with E-state index in [1.54, 1.807) is 28.4 Å². The number of hydrogen-bond acceptors (Lipinski definition) is 4. The number of carbonyl (C=O) groups excluding carboxylic acids is 1. The van der Waals surface area contributed by atoms with E-state index in [-0.39, 0.29) is 11.5 Å². The molecule has 0 radical (unpaired) electrons. The van der Waals surface area contributed by atoms with Gasteiger partial charge in [-0.1, -0.05) is 29.8 Å². The average Bonchev–Trinajstić information content (AvgIpc) is 3.10. The van der Waals surface area contributed by atoms with Gasteiger partial charge in [0.05, 0.1) is 21.8 Å². The molecule has 3 aromatic rings. The molecule has 1 amide bonds. The molecule has 7 heteroatoms. The summed E-state index contributed by atoms with van der Waals surface area (Å²) in [6, 6.07) is 12.6. The van der Waals surface area contributed by atoms with Crippen molar-refractivity contribution >= 4 is 45.1 Å². The maximum absolute atomic E-state index is 13.8. The summed E-state index contributed by atoms with van der Waals surface area (Å²) >= 11 is 7.71. The number of para-hydroxylation sites is 1. The van der Waals surface area contributed by atoms with E-state index in [0.717, 1.165) is 30.2 Å². The molecule has 0 aliphatic carbocycles. The van der Waals surface area contributed by atoms with Crippen LogP contribution in [0.1, 0.15) is 10.6 Å². The molecule has 4 rings (SSSR count). The van der Waals surface area contributed by atoms with Crippen LogP contribution >= 0.6 is 22.9 Å². The Balaban J connectivity index is 1.33. The van der Waals surface area contributed by atoms with E-state index in [1.165, 1.54) is 22.9 Å². The summed E-state index contributed by atoms with van der Waals surface area (Å²) in [4.78, 5) is 21.2. The Morgan fingerprint density at radius 3 is 2.68 bits per heavy atom. The molecule has 4 nitrogen and oxygen atoms in total. The fourth-order valence-electron chi connectivity index (χ4n) is 3.24. The molecular formula is C21H19ClFN3OS. The van der Waals surface area contributed by atoms with E-state index in [0.29, 0.717) is 18.1 Å². The van der Waals surface area contributed by atoms with Crippen LogP contribution in [0.25, 0.3) is 16.3 Å². The van der Waals surface area contributed by atoms with Gasteiger partial charge >= 0.3 is 0 Å². The summed E-state index contributed by atoms with van der Waals surface area (Å²) in [6.07, 6.45) is 2.85. The number of hydrogen-bond donors (Lipinski definition) is 0. The lowest BCUT2D eigenvalue weighted by atomic mass is 10.2. The second-order valence-corrected chi connectivity index (χ2v) is 8.17. The highest BCUT2D eigenvalue weighted by Gasteiger charge is 2.20. The van der Waals surface area contributed by atoms with E-state index < -0.39 is 5.82 Å². The van der Waals surface area contributed by atoms with Crippen molar-refractivity contribution in [3.63, 3.8) is 0 Å². The van der Waals surface area contributed by atoms with E-state index >= 15 is 0 Å². The topological polar surface area (TPSA) is 36.4 Å². The molecule has 2 aromatic carbocycles. The normalized spacial score (nSPS) is 15.6. The molecule has 1 aromatic heterocycles. The zero-order valence-corrected chi connectivity index (χ0v) is 16.7. The van der Waals surface area contributed by atoms with Gasteiger partial charge in [0, 0.05) is 37.8 Å². The summed E-state index contributed by atoms with van der Waals surface area (Å²) in [6.45, 7) is 3.64. The lowest BCUT2D eigenvalue weighted by molar-refractivity contribution is -0.127. The number of nitrogens with zero attached hydrogens (tertiary/aromatic N) is 3. The third-order valence-electron chi connectivity index (χ3n) is 4.77. The van der Waals surface area contributed by atoms with Crippen LogP contribution in [0, 0.1) is 5.82 Å². The van der Waals surface area contributed by atoms with Crippen LogP contribution in [0.15, 0.2) is 48.5 Å². The molecule has 1 aliphatic heterocycles. The van der Waals surface area contributed by atoms with Gasteiger partial charge in [-0.2, -0.15) is 0 Å². The van der Waals surface area contributed by atoms with E-state index in [2.05, 4.69) is 16.0 Å². The fraction of sp³-hybridized carbons (Fsp3) is 0.238. The van der Waals surface area contributed by atoms with Crippen molar-refractivity contribution in [2.24, 2.45) is 0 Å². The first-order valence-corrected chi connectivity index (χ1v) is 10.3. The highest BCUT2D eigenvalue weighted by molar-refractivity contribution is 7.18. The van der Waals surface area contributed by atoms with Gasteiger partial charge in [-0.3, -0.25) is 9.69 Å². The zero-order chi connectivity index (χ0) is 19.5. The number of thiazole rings is 1. The molecule has 1 fully saturated rings. The number of fused-ring (bicyclic) bond motifs is 1. The minimum absolute atomic E-state index is 0.126. The minimum atomic E-state index is -0.433. The first-order chi connectivity index (χ1) is 13.6. The van der Waals surface area contributed by atoms with E-state index in [4.69, 9.17) is 11.6 Å². The summed E-state index contributed by atoms with van der Waals surface area (Å²) in [5.41, 5.74) is 1.28. The Hall–Kier alpha value is -2.28. The molecule has 144 valence electrons. The van der Waals surface area contributed by atoms with Gasteiger partial charge in [-0.05, 0) is 30.3 Å². The zero-order valence-electron chi connectivity index (χ0n) is 15.1. The summed E-state index contributed by atoms with van der Waals surface area (Å²) in [5.74, 6) is -0.559. The van der Waals surface area contributed by atoms with Gasteiger partial charge < -0.3 is 4.90 Å². The molecule has 2 heterocycles. The molecule has 0 atom stereocenters. The second kappa shape index (κ2) is 8.39. The van der Waals surface area contributed by atoms with Crippen LogP contribution in [0.3, 0.4) is 0 Å². The smallest absolute Gasteiger partial charge is 0.246 e. The van der Waals surface area contributed by atoms with Gasteiger partial charge in [0.15, 0.2) is 0 Å². The molecule has 1 saturated heterocycles. The maximum Gasteiger partial charge on any atom is 0.246 e. The van der Waals surface area contributed by atoms with Crippen molar-refractivity contribution < 1.29 is 9.18 Å². The lowest BCUT2D eigenvalue weighted by Gasteiger charge is -2.33. The molecule has 0 unspecified atom stereocenters. The van der Waals surface area contributed by atoms with Gasteiger partial charge in [-0.15, -0.1) is 11.3 Å². The number of rotatable bonds is 4. The first-order valence-electron chi connectivity index (χ1n) is 9.08.